The Morgan fingerprint density at radius 3 is 2.57 bits per heavy atom. The number of imidazole rings is 1. The summed E-state index contributed by atoms with van der Waals surface area (Å²) in [5.74, 6) is -0.182. The zero-order valence-corrected chi connectivity index (χ0v) is 37.2. The standard InChI is InChI=1S/C48H57N7O10/c1-6-19-64-48(61)55-36-26-40(31(3)23-35(36)46(60)54-27-30(2)22-38(54)47(55)65-43-12-7-8-20-63-43)62-21-9-11-42(58)50-41-29-53(5)44(51-41)39(57)24-32-13-15-33(16-14-32)34-25-37(52(4)28-34)45(59)49-17-10-18-56/h6,13-16,23,25-26,28-29,38,43,47,56H,1-2,7-12,17-22,24,27H2,3-5H3,(H,49,59)(H,50,58)/t38-,43?,47?/m0/s1. The molecule has 3 aliphatic rings. The van der Waals surface area contributed by atoms with Crippen LogP contribution in [0.3, 0.4) is 0 Å². The zero-order chi connectivity index (χ0) is 46.2. The number of amides is 4. The van der Waals surface area contributed by atoms with E-state index in [1.54, 1.807) is 52.5 Å². The van der Waals surface area contributed by atoms with Crippen LogP contribution in [-0.2, 0) is 39.5 Å². The summed E-state index contributed by atoms with van der Waals surface area (Å²) in [7, 11) is 3.48. The predicted octanol–water partition coefficient (Wildman–Crippen LogP) is 5.85. The highest BCUT2D eigenvalue weighted by molar-refractivity contribution is 6.06. The Morgan fingerprint density at radius 1 is 1.03 bits per heavy atom. The number of ether oxygens (including phenoxy) is 4. The van der Waals surface area contributed by atoms with E-state index in [1.165, 1.54) is 11.0 Å². The van der Waals surface area contributed by atoms with E-state index < -0.39 is 24.7 Å². The van der Waals surface area contributed by atoms with Crippen molar-refractivity contribution in [2.75, 3.05) is 49.7 Å². The van der Waals surface area contributed by atoms with Crippen molar-refractivity contribution in [3.05, 3.63) is 108 Å². The number of aliphatic hydroxyl groups excluding tert-OH is 1. The summed E-state index contributed by atoms with van der Waals surface area (Å²) >= 11 is 0. The maximum Gasteiger partial charge on any atom is 0.416 e. The largest absolute Gasteiger partial charge is 0.493 e. The van der Waals surface area contributed by atoms with E-state index in [-0.39, 0.29) is 73.5 Å². The molecule has 17 heteroatoms. The van der Waals surface area contributed by atoms with Crippen LogP contribution in [0.5, 0.6) is 5.75 Å². The fourth-order valence-corrected chi connectivity index (χ4v) is 8.31. The van der Waals surface area contributed by atoms with Gasteiger partial charge in [0.2, 0.25) is 11.7 Å². The molecule has 2 fully saturated rings. The summed E-state index contributed by atoms with van der Waals surface area (Å²) in [4.78, 5) is 74.5. The molecule has 3 atom stereocenters. The number of aliphatic hydroxyl groups is 1. The van der Waals surface area contributed by atoms with Gasteiger partial charge < -0.3 is 48.7 Å². The zero-order valence-electron chi connectivity index (χ0n) is 37.2. The third-order valence-corrected chi connectivity index (χ3v) is 11.6. The van der Waals surface area contributed by atoms with Gasteiger partial charge in [0.1, 0.15) is 18.1 Å². The van der Waals surface area contributed by atoms with Gasteiger partial charge in [-0.3, -0.25) is 19.2 Å². The van der Waals surface area contributed by atoms with Crippen molar-refractivity contribution in [2.24, 2.45) is 14.1 Å². The number of nitrogens with one attached hydrogen (secondary N) is 2. The first-order valence-electron chi connectivity index (χ1n) is 21.9. The van der Waals surface area contributed by atoms with Gasteiger partial charge in [0, 0.05) is 77.3 Å². The van der Waals surface area contributed by atoms with Gasteiger partial charge in [0.15, 0.2) is 24.2 Å². The van der Waals surface area contributed by atoms with Gasteiger partial charge in [-0.2, -0.15) is 0 Å². The molecule has 0 aliphatic carbocycles. The summed E-state index contributed by atoms with van der Waals surface area (Å²) in [6.45, 7) is 11.0. The highest BCUT2D eigenvalue weighted by atomic mass is 16.7. The number of nitrogens with zero attached hydrogens (tertiary/aromatic N) is 5. The second-order valence-electron chi connectivity index (χ2n) is 16.6. The van der Waals surface area contributed by atoms with Crippen molar-refractivity contribution in [3.63, 3.8) is 0 Å². The first-order chi connectivity index (χ1) is 31.3. The molecule has 0 spiro atoms. The molecule has 344 valence electrons. The van der Waals surface area contributed by atoms with Gasteiger partial charge in [0.05, 0.1) is 23.9 Å². The molecule has 5 heterocycles. The lowest BCUT2D eigenvalue weighted by Gasteiger charge is -2.38. The molecule has 17 nitrogen and oxygen atoms in total. The van der Waals surface area contributed by atoms with Crippen LogP contribution in [0.4, 0.5) is 16.3 Å². The van der Waals surface area contributed by atoms with Crippen molar-refractivity contribution in [3.8, 4) is 16.9 Å². The highest BCUT2D eigenvalue weighted by Gasteiger charge is 2.48. The Bertz CT molecular complexity index is 2430. The van der Waals surface area contributed by atoms with Crippen molar-refractivity contribution < 1.29 is 48.0 Å². The van der Waals surface area contributed by atoms with E-state index in [4.69, 9.17) is 24.1 Å². The molecule has 2 aromatic carbocycles. The van der Waals surface area contributed by atoms with Crippen molar-refractivity contribution >= 4 is 41.1 Å². The van der Waals surface area contributed by atoms with Gasteiger partial charge in [0.25, 0.3) is 11.8 Å². The van der Waals surface area contributed by atoms with Crippen molar-refractivity contribution in [2.45, 2.75) is 76.9 Å². The van der Waals surface area contributed by atoms with Crippen LogP contribution in [0.25, 0.3) is 11.1 Å². The smallest absolute Gasteiger partial charge is 0.416 e. The fraction of sp³-hybridized carbons (Fsp3) is 0.417. The second-order valence-corrected chi connectivity index (χ2v) is 16.6. The number of aromatic nitrogens is 3. The van der Waals surface area contributed by atoms with Crippen LogP contribution in [-0.4, -0.2) is 112 Å². The number of hydrogen-bond acceptors (Lipinski definition) is 11. The molecule has 2 saturated heterocycles. The molecular formula is C48H57N7O10. The van der Waals surface area contributed by atoms with Gasteiger partial charge in [-0.1, -0.05) is 49.1 Å². The number of fused-ring (bicyclic) bond motifs is 2. The highest BCUT2D eigenvalue weighted by Crippen LogP contribution is 2.41. The van der Waals surface area contributed by atoms with Crippen LogP contribution in [0.1, 0.15) is 87.5 Å². The maximum absolute atomic E-state index is 14.2. The van der Waals surface area contributed by atoms with Crippen LogP contribution in [0, 0.1) is 6.92 Å². The minimum atomic E-state index is -0.936. The fourth-order valence-electron chi connectivity index (χ4n) is 8.31. The van der Waals surface area contributed by atoms with E-state index in [9.17, 15) is 24.0 Å². The third-order valence-electron chi connectivity index (χ3n) is 11.6. The van der Waals surface area contributed by atoms with Crippen LogP contribution >= 0.6 is 0 Å². The number of carbonyl (C=O) groups is 5. The SMILES string of the molecule is C=CCOC(=O)N1c2cc(OCCCC(=O)Nc3cn(C)c(C(=O)Cc4ccc(-c5cc(C(=O)NCCCO)n(C)c5)cc4)n3)c(C)cc2C(=O)N2CC(=C)C[C@H]2C1OC1CCCCO1. The molecule has 2 unspecified atom stereocenters. The molecule has 0 bridgehead atoms. The number of carbonyl (C=O) groups excluding carboxylic acids is 5. The predicted molar refractivity (Wildman–Crippen MR) is 242 cm³/mol. The number of anilines is 2. The number of hydrogen-bond donors (Lipinski definition) is 3. The summed E-state index contributed by atoms with van der Waals surface area (Å²) in [5, 5.41) is 14.6. The molecule has 4 amide bonds. The Balaban J connectivity index is 0.961. The molecule has 4 aromatic rings. The number of aryl methyl sites for hydroxylation is 3. The minimum Gasteiger partial charge on any atom is -0.493 e. The second kappa shape index (κ2) is 21.0. The molecule has 0 radical (unpaired) electrons. The Morgan fingerprint density at radius 2 is 1.83 bits per heavy atom. The first kappa shape index (κ1) is 46.4. The summed E-state index contributed by atoms with van der Waals surface area (Å²) in [5.41, 5.74) is 5.08. The van der Waals surface area contributed by atoms with Crippen molar-refractivity contribution in [1.29, 1.82) is 0 Å². The molecule has 3 N–H and O–H groups in total. The lowest BCUT2D eigenvalue weighted by atomic mass is 10.0. The monoisotopic (exact) mass is 891 g/mol. The quantitative estimate of drug-likeness (QED) is 0.0616. The summed E-state index contributed by atoms with van der Waals surface area (Å²) in [6, 6.07) is 12.1. The minimum absolute atomic E-state index is 0.00138. The lowest BCUT2D eigenvalue weighted by molar-refractivity contribution is -0.195. The van der Waals surface area contributed by atoms with Gasteiger partial charge in [-0.25, -0.2) is 14.7 Å². The normalized spacial score (nSPS) is 18.1. The molecule has 3 aliphatic heterocycles. The van der Waals surface area contributed by atoms with Crippen LogP contribution in [0.15, 0.2) is 79.7 Å². The Labute approximate surface area is 378 Å². The van der Waals surface area contributed by atoms with Crippen molar-refractivity contribution in [1.82, 2.24) is 24.3 Å². The van der Waals surface area contributed by atoms with Crippen LogP contribution in [0.2, 0.25) is 0 Å². The number of Topliss-reactive ketones (excluding diaryl/α,β-unsaturated/α-hetero) is 1. The number of rotatable bonds is 18. The van der Waals surface area contributed by atoms with E-state index >= 15 is 0 Å². The maximum atomic E-state index is 14.2. The van der Waals surface area contributed by atoms with E-state index in [0.717, 1.165) is 35.1 Å². The Hall–Kier alpha value is -6.56. The topological polar surface area (TPSA) is 196 Å². The average Bonchev–Trinajstić information content (AvgIpc) is 3.99. The molecule has 7 rings (SSSR count). The lowest BCUT2D eigenvalue weighted by Crippen LogP contribution is -2.54. The van der Waals surface area contributed by atoms with Crippen LogP contribution < -0.4 is 20.3 Å². The summed E-state index contributed by atoms with van der Waals surface area (Å²) in [6.07, 6.45) is 6.56. The first-order valence-corrected chi connectivity index (χ1v) is 21.9. The van der Waals surface area contributed by atoms with E-state index in [1.807, 2.05) is 37.4 Å². The van der Waals surface area contributed by atoms with Gasteiger partial charge in [-0.15, -0.1) is 0 Å². The van der Waals surface area contributed by atoms with Gasteiger partial charge in [-0.05, 0) is 74.3 Å². The molecular weight excluding hydrogens is 835 g/mol. The average molecular weight is 892 g/mol. The van der Waals surface area contributed by atoms with E-state index in [2.05, 4.69) is 28.8 Å². The number of ketones is 1. The third kappa shape index (κ3) is 10.9. The number of benzene rings is 2. The van der Waals surface area contributed by atoms with E-state index in [0.29, 0.717) is 68.0 Å². The molecule has 2 aromatic heterocycles. The molecule has 65 heavy (non-hydrogen) atoms. The molecule has 0 saturated carbocycles. The van der Waals surface area contributed by atoms with Gasteiger partial charge >= 0.3 is 6.09 Å². The Kier molecular flexibility index (Phi) is 15.0. The summed E-state index contributed by atoms with van der Waals surface area (Å²) < 4.78 is 27.6.